The van der Waals surface area contributed by atoms with Crippen LogP contribution in [0, 0.1) is 11.3 Å². The third-order valence-corrected chi connectivity index (χ3v) is 4.93. The van der Waals surface area contributed by atoms with Gasteiger partial charge in [0.15, 0.2) is 5.69 Å². The summed E-state index contributed by atoms with van der Waals surface area (Å²) in [6.45, 7) is 0. The molecule has 4 aromatic rings. The summed E-state index contributed by atoms with van der Waals surface area (Å²) in [6, 6.07) is 25.4. The summed E-state index contributed by atoms with van der Waals surface area (Å²) in [7, 11) is 1.58. The maximum absolute atomic E-state index is 13.0. The number of halogens is 1. The van der Waals surface area contributed by atoms with Gasteiger partial charge in [0.1, 0.15) is 17.4 Å². The van der Waals surface area contributed by atoms with Gasteiger partial charge in [-0.1, -0.05) is 29.8 Å². The van der Waals surface area contributed by atoms with E-state index in [2.05, 4.69) is 16.5 Å². The molecule has 0 fully saturated rings. The Kier molecular flexibility index (Phi) is 5.69. The van der Waals surface area contributed by atoms with E-state index in [1.165, 1.54) is 0 Å². The van der Waals surface area contributed by atoms with Gasteiger partial charge in [0.25, 0.3) is 5.91 Å². The second kappa shape index (κ2) is 8.74. The quantitative estimate of drug-likeness (QED) is 0.466. The van der Waals surface area contributed by atoms with Crippen LogP contribution in [0.3, 0.4) is 0 Å². The molecule has 6 nitrogen and oxygen atoms in total. The van der Waals surface area contributed by atoms with Crippen molar-refractivity contribution >= 4 is 23.2 Å². The van der Waals surface area contributed by atoms with E-state index in [1.807, 2.05) is 30.3 Å². The number of methoxy groups -OCH3 is 1. The predicted octanol–water partition coefficient (Wildman–Crippen LogP) is 5.33. The van der Waals surface area contributed by atoms with Crippen LogP contribution in [0.4, 0.5) is 5.69 Å². The fourth-order valence-corrected chi connectivity index (χ4v) is 3.31. The molecule has 152 valence electrons. The first-order valence-corrected chi connectivity index (χ1v) is 9.78. The molecule has 1 aromatic heterocycles. The van der Waals surface area contributed by atoms with Crippen molar-refractivity contribution in [3.05, 3.63) is 95.1 Å². The molecular weight excluding hydrogens is 412 g/mol. The van der Waals surface area contributed by atoms with Crippen molar-refractivity contribution in [3.63, 3.8) is 0 Å². The third kappa shape index (κ3) is 4.13. The van der Waals surface area contributed by atoms with E-state index >= 15 is 0 Å². The van der Waals surface area contributed by atoms with Gasteiger partial charge in [-0.15, -0.1) is 0 Å². The standard InChI is InChI=1S/C24H17ClN4O2/c1-31-20-13-7-16(8-14-20)23-21(15-26)22(24(30)27-18-5-3-2-4-6-18)28-29(23)19-11-9-17(25)10-12-19/h2-14H,1H3,(H,27,30). The zero-order valence-corrected chi connectivity index (χ0v) is 17.3. The van der Waals surface area contributed by atoms with Crippen LogP contribution < -0.4 is 10.1 Å². The number of carbonyl (C=O) groups is 1. The van der Waals surface area contributed by atoms with E-state index in [-0.39, 0.29) is 11.3 Å². The van der Waals surface area contributed by atoms with Crippen LogP contribution in [-0.2, 0) is 0 Å². The number of amides is 1. The van der Waals surface area contributed by atoms with Gasteiger partial charge in [-0.05, 0) is 60.7 Å². The zero-order valence-electron chi connectivity index (χ0n) is 16.5. The third-order valence-electron chi connectivity index (χ3n) is 4.68. The molecule has 1 N–H and O–H groups in total. The minimum absolute atomic E-state index is 0.0344. The number of benzene rings is 3. The minimum Gasteiger partial charge on any atom is -0.497 e. The van der Waals surface area contributed by atoms with Gasteiger partial charge in [-0.3, -0.25) is 4.79 Å². The lowest BCUT2D eigenvalue weighted by Crippen LogP contribution is -2.14. The fraction of sp³-hybridized carbons (Fsp3) is 0.0417. The number of hydrogen-bond donors (Lipinski definition) is 1. The van der Waals surface area contributed by atoms with E-state index < -0.39 is 5.91 Å². The maximum Gasteiger partial charge on any atom is 0.277 e. The Morgan fingerprint density at radius 2 is 1.71 bits per heavy atom. The molecule has 0 atom stereocenters. The highest BCUT2D eigenvalue weighted by Crippen LogP contribution is 2.31. The van der Waals surface area contributed by atoms with Crippen molar-refractivity contribution in [1.29, 1.82) is 5.26 Å². The number of aromatic nitrogens is 2. The van der Waals surface area contributed by atoms with Crippen LogP contribution in [0.5, 0.6) is 5.75 Å². The Bertz CT molecular complexity index is 1260. The average Bonchev–Trinajstić information content (AvgIpc) is 3.20. The molecule has 0 aliphatic heterocycles. The summed E-state index contributed by atoms with van der Waals surface area (Å²) in [5.41, 5.74) is 2.72. The van der Waals surface area contributed by atoms with Gasteiger partial charge in [0, 0.05) is 16.3 Å². The Morgan fingerprint density at radius 1 is 1.03 bits per heavy atom. The van der Waals surface area contributed by atoms with Crippen LogP contribution in [0.2, 0.25) is 5.02 Å². The molecule has 0 radical (unpaired) electrons. The number of para-hydroxylation sites is 1. The normalized spacial score (nSPS) is 10.4. The highest BCUT2D eigenvalue weighted by atomic mass is 35.5. The Morgan fingerprint density at radius 3 is 2.32 bits per heavy atom. The highest BCUT2D eigenvalue weighted by Gasteiger charge is 2.25. The molecule has 0 spiro atoms. The van der Waals surface area contributed by atoms with Gasteiger partial charge in [0.05, 0.1) is 18.5 Å². The van der Waals surface area contributed by atoms with Crippen molar-refractivity contribution in [3.8, 4) is 28.8 Å². The van der Waals surface area contributed by atoms with Crippen molar-refractivity contribution in [2.24, 2.45) is 0 Å². The molecule has 0 saturated heterocycles. The van der Waals surface area contributed by atoms with E-state index in [1.54, 1.807) is 60.3 Å². The van der Waals surface area contributed by atoms with Gasteiger partial charge in [-0.2, -0.15) is 10.4 Å². The molecular formula is C24H17ClN4O2. The lowest BCUT2D eigenvalue weighted by molar-refractivity contribution is 0.102. The zero-order chi connectivity index (χ0) is 21.8. The number of nitrogens with zero attached hydrogens (tertiary/aromatic N) is 3. The molecule has 0 saturated carbocycles. The molecule has 7 heteroatoms. The number of nitrogens with one attached hydrogen (secondary N) is 1. The van der Waals surface area contributed by atoms with Crippen LogP contribution in [-0.4, -0.2) is 22.8 Å². The summed E-state index contributed by atoms with van der Waals surface area (Å²) in [5.74, 6) is 0.215. The second-order valence-electron chi connectivity index (χ2n) is 6.62. The smallest absolute Gasteiger partial charge is 0.277 e. The summed E-state index contributed by atoms with van der Waals surface area (Å²) < 4.78 is 6.81. The lowest BCUT2D eigenvalue weighted by atomic mass is 10.1. The fourth-order valence-electron chi connectivity index (χ4n) is 3.18. The van der Waals surface area contributed by atoms with E-state index in [4.69, 9.17) is 16.3 Å². The van der Waals surface area contributed by atoms with Crippen molar-refractivity contribution in [2.75, 3.05) is 12.4 Å². The van der Waals surface area contributed by atoms with Crippen molar-refractivity contribution in [1.82, 2.24) is 9.78 Å². The molecule has 3 aromatic carbocycles. The molecule has 0 unspecified atom stereocenters. The van der Waals surface area contributed by atoms with Gasteiger partial charge in [0.2, 0.25) is 0 Å². The number of anilines is 1. The largest absolute Gasteiger partial charge is 0.497 e. The van der Waals surface area contributed by atoms with E-state index in [9.17, 15) is 10.1 Å². The topological polar surface area (TPSA) is 79.9 Å². The highest BCUT2D eigenvalue weighted by molar-refractivity contribution is 6.30. The summed E-state index contributed by atoms with van der Waals surface area (Å²) in [6.07, 6.45) is 0. The SMILES string of the molecule is COc1ccc(-c2c(C#N)c(C(=O)Nc3ccccc3)nn2-c2ccc(Cl)cc2)cc1. The first-order chi connectivity index (χ1) is 15.1. The van der Waals surface area contributed by atoms with Crippen LogP contribution in [0.1, 0.15) is 16.1 Å². The second-order valence-corrected chi connectivity index (χ2v) is 7.06. The molecule has 0 aliphatic carbocycles. The molecule has 31 heavy (non-hydrogen) atoms. The number of rotatable bonds is 5. The van der Waals surface area contributed by atoms with E-state index in [0.29, 0.717) is 27.8 Å². The van der Waals surface area contributed by atoms with E-state index in [0.717, 1.165) is 5.56 Å². The maximum atomic E-state index is 13.0. The monoisotopic (exact) mass is 428 g/mol. The molecule has 1 amide bonds. The number of carbonyl (C=O) groups excluding carboxylic acids is 1. The summed E-state index contributed by atoms with van der Waals surface area (Å²) in [5, 5.41) is 17.8. The Labute approximate surface area is 184 Å². The summed E-state index contributed by atoms with van der Waals surface area (Å²) >= 11 is 6.03. The number of hydrogen-bond acceptors (Lipinski definition) is 4. The predicted molar refractivity (Wildman–Crippen MR) is 120 cm³/mol. The Balaban J connectivity index is 1.87. The molecule has 0 aliphatic rings. The molecule has 4 rings (SSSR count). The number of nitriles is 1. The van der Waals surface area contributed by atoms with Crippen LogP contribution in [0.15, 0.2) is 78.9 Å². The van der Waals surface area contributed by atoms with Gasteiger partial charge in [-0.25, -0.2) is 4.68 Å². The van der Waals surface area contributed by atoms with Crippen LogP contribution in [0.25, 0.3) is 16.9 Å². The first kappa shape index (κ1) is 20.2. The minimum atomic E-state index is -0.467. The van der Waals surface area contributed by atoms with Crippen molar-refractivity contribution < 1.29 is 9.53 Å². The molecule has 0 bridgehead atoms. The van der Waals surface area contributed by atoms with Gasteiger partial charge >= 0.3 is 0 Å². The average molecular weight is 429 g/mol. The molecule has 1 heterocycles. The first-order valence-electron chi connectivity index (χ1n) is 9.40. The number of ether oxygens (including phenoxy) is 1. The summed E-state index contributed by atoms with van der Waals surface area (Å²) in [4.78, 5) is 13.0. The van der Waals surface area contributed by atoms with Gasteiger partial charge < -0.3 is 10.1 Å². The van der Waals surface area contributed by atoms with Crippen LogP contribution >= 0.6 is 11.6 Å². The lowest BCUT2D eigenvalue weighted by Gasteiger charge is -2.09. The Hall–Kier alpha value is -4.08. The van der Waals surface area contributed by atoms with Crippen molar-refractivity contribution in [2.45, 2.75) is 0 Å².